The van der Waals surface area contributed by atoms with E-state index in [1.165, 1.54) is 44.1 Å². The minimum atomic E-state index is -0.367. The van der Waals surface area contributed by atoms with Gasteiger partial charge in [-0.25, -0.2) is 4.79 Å². The Hall–Kier alpha value is -2.60. The fourth-order valence-electron chi connectivity index (χ4n) is 3.79. The van der Waals surface area contributed by atoms with Crippen LogP contribution in [0.1, 0.15) is 72.9 Å². The number of carbonyl (C=O) groups excluding carboxylic acids is 1. The van der Waals surface area contributed by atoms with Gasteiger partial charge in [0.25, 0.3) is 0 Å². The molecule has 1 saturated carbocycles. The first-order valence-electron chi connectivity index (χ1n) is 9.52. The van der Waals surface area contributed by atoms with Gasteiger partial charge in [-0.05, 0) is 73.1 Å². The van der Waals surface area contributed by atoms with Crippen LogP contribution in [-0.2, 0) is 0 Å². The minimum absolute atomic E-state index is 0.367. The third-order valence-corrected chi connectivity index (χ3v) is 5.32. The largest absolute Gasteiger partial charge is 0.423 e. The molecular formula is C23H25NO2. The summed E-state index contributed by atoms with van der Waals surface area (Å²) < 4.78 is 5.38. The van der Waals surface area contributed by atoms with Crippen LogP contribution in [0.25, 0.3) is 0 Å². The zero-order chi connectivity index (χ0) is 18.4. The van der Waals surface area contributed by atoms with Crippen molar-refractivity contribution in [3.05, 3.63) is 65.2 Å². The van der Waals surface area contributed by atoms with Crippen LogP contribution in [0.3, 0.4) is 0 Å². The number of nitriles is 1. The molecule has 0 heterocycles. The minimum Gasteiger partial charge on any atom is -0.423 e. The van der Waals surface area contributed by atoms with E-state index in [-0.39, 0.29) is 5.97 Å². The Labute approximate surface area is 155 Å². The topological polar surface area (TPSA) is 50.1 Å². The van der Waals surface area contributed by atoms with Crippen LogP contribution in [0.2, 0.25) is 0 Å². The fourth-order valence-corrected chi connectivity index (χ4v) is 3.79. The molecule has 0 unspecified atom stereocenters. The summed E-state index contributed by atoms with van der Waals surface area (Å²) in [5.41, 5.74) is 2.43. The maximum atomic E-state index is 12.3. The third-order valence-electron chi connectivity index (χ3n) is 5.32. The number of unbranched alkanes of at least 4 members (excludes halogenated alkanes) is 1. The lowest BCUT2D eigenvalue weighted by molar-refractivity contribution is 0.0734. The van der Waals surface area contributed by atoms with Crippen molar-refractivity contribution in [1.29, 1.82) is 5.26 Å². The van der Waals surface area contributed by atoms with Gasteiger partial charge in [0, 0.05) is 0 Å². The van der Waals surface area contributed by atoms with Crippen LogP contribution in [0, 0.1) is 17.2 Å². The van der Waals surface area contributed by atoms with Crippen molar-refractivity contribution in [2.24, 2.45) is 5.92 Å². The molecule has 0 bridgehead atoms. The fraction of sp³-hybridized carbons (Fsp3) is 0.391. The van der Waals surface area contributed by atoms with Crippen LogP contribution in [-0.4, -0.2) is 5.97 Å². The Morgan fingerprint density at radius 3 is 2.50 bits per heavy atom. The van der Waals surface area contributed by atoms with Gasteiger partial charge < -0.3 is 4.74 Å². The van der Waals surface area contributed by atoms with Gasteiger partial charge in [-0.1, -0.05) is 38.3 Å². The van der Waals surface area contributed by atoms with Crippen molar-refractivity contribution in [3.63, 3.8) is 0 Å². The van der Waals surface area contributed by atoms with Crippen LogP contribution in [0.15, 0.2) is 48.5 Å². The number of rotatable bonds is 6. The number of nitrogens with zero attached hydrogens (tertiary/aromatic N) is 1. The molecular weight excluding hydrogens is 322 g/mol. The number of hydrogen-bond acceptors (Lipinski definition) is 3. The summed E-state index contributed by atoms with van der Waals surface area (Å²) >= 11 is 0. The summed E-state index contributed by atoms with van der Waals surface area (Å²) in [6.07, 6.45) is 7.81. The second-order valence-electron chi connectivity index (χ2n) is 7.17. The second kappa shape index (κ2) is 8.67. The first-order valence-corrected chi connectivity index (χ1v) is 9.52. The number of esters is 1. The molecule has 3 rings (SSSR count). The van der Waals surface area contributed by atoms with Gasteiger partial charge >= 0.3 is 5.97 Å². The molecule has 134 valence electrons. The maximum absolute atomic E-state index is 12.3. The molecule has 0 N–H and O–H groups in total. The van der Waals surface area contributed by atoms with E-state index in [0.717, 1.165) is 5.92 Å². The summed E-state index contributed by atoms with van der Waals surface area (Å²) in [7, 11) is 0. The monoisotopic (exact) mass is 347 g/mol. The highest BCUT2D eigenvalue weighted by Gasteiger charge is 2.25. The average molecular weight is 347 g/mol. The van der Waals surface area contributed by atoms with Crippen molar-refractivity contribution in [2.75, 3.05) is 0 Å². The third kappa shape index (κ3) is 4.52. The van der Waals surface area contributed by atoms with Crippen molar-refractivity contribution < 1.29 is 9.53 Å². The lowest BCUT2D eigenvalue weighted by atomic mass is 9.94. The Bertz CT molecular complexity index is 771. The lowest BCUT2D eigenvalue weighted by Gasteiger charge is -2.12. The molecule has 2 aromatic carbocycles. The lowest BCUT2D eigenvalue weighted by Crippen LogP contribution is -2.08. The van der Waals surface area contributed by atoms with Crippen molar-refractivity contribution in [2.45, 2.75) is 51.4 Å². The molecule has 0 aliphatic heterocycles. The van der Waals surface area contributed by atoms with Gasteiger partial charge in [0.2, 0.25) is 0 Å². The summed E-state index contributed by atoms with van der Waals surface area (Å²) in [6, 6.07) is 16.5. The zero-order valence-electron chi connectivity index (χ0n) is 15.3. The maximum Gasteiger partial charge on any atom is 0.343 e. The van der Waals surface area contributed by atoms with Crippen molar-refractivity contribution in [1.82, 2.24) is 0 Å². The molecule has 0 saturated heterocycles. The molecule has 0 radical (unpaired) electrons. The Morgan fingerprint density at radius 2 is 1.85 bits per heavy atom. The highest BCUT2D eigenvalue weighted by molar-refractivity contribution is 5.91. The van der Waals surface area contributed by atoms with Crippen LogP contribution in [0.5, 0.6) is 5.75 Å². The predicted octanol–water partition coefficient (Wildman–Crippen LogP) is 5.85. The summed E-state index contributed by atoms with van der Waals surface area (Å²) in [5.74, 6) is 1.57. The SMILES string of the molecule is CCCC[C@H]1CC[C@H](c2ccc(C(=O)Oc3ccc(C#N)cc3)cc2)C1. The molecule has 2 aromatic rings. The van der Waals surface area contributed by atoms with E-state index in [1.54, 1.807) is 24.3 Å². The summed E-state index contributed by atoms with van der Waals surface area (Å²) in [4.78, 5) is 12.3. The molecule has 2 atom stereocenters. The van der Waals surface area contributed by atoms with E-state index in [4.69, 9.17) is 10.00 Å². The van der Waals surface area contributed by atoms with Gasteiger partial charge in [0.15, 0.2) is 0 Å². The number of benzene rings is 2. The molecule has 26 heavy (non-hydrogen) atoms. The van der Waals surface area contributed by atoms with Gasteiger partial charge in [0.1, 0.15) is 5.75 Å². The molecule has 3 nitrogen and oxygen atoms in total. The van der Waals surface area contributed by atoms with Crippen LogP contribution >= 0.6 is 0 Å². The Kier molecular flexibility index (Phi) is 6.07. The molecule has 1 aliphatic carbocycles. The smallest absolute Gasteiger partial charge is 0.343 e. The number of carbonyl (C=O) groups is 1. The normalized spacial score (nSPS) is 19.1. The Balaban J connectivity index is 1.58. The van der Waals surface area contributed by atoms with E-state index in [9.17, 15) is 4.79 Å². The van der Waals surface area contributed by atoms with Crippen LogP contribution < -0.4 is 4.74 Å². The first kappa shape index (κ1) is 18.2. The van der Waals surface area contributed by atoms with Gasteiger partial charge in [-0.15, -0.1) is 0 Å². The molecule has 0 amide bonds. The molecule has 1 fully saturated rings. The van der Waals surface area contributed by atoms with Gasteiger partial charge in [-0.3, -0.25) is 0 Å². The highest BCUT2D eigenvalue weighted by atomic mass is 16.5. The van der Waals surface area contributed by atoms with E-state index >= 15 is 0 Å². The number of hydrogen-bond donors (Lipinski definition) is 0. The Morgan fingerprint density at radius 1 is 1.12 bits per heavy atom. The van der Waals surface area contributed by atoms with E-state index in [2.05, 4.69) is 19.1 Å². The predicted molar refractivity (Wildman–Crippen MR) is 102 cm³/mol. The summed E-state index contributed by atoms with van der Waals surface area (Å²) in [5, 5.41) is 8.81. The van der Waals surface area contributed by atoms with Gasteiger partial charge in [-0.2, -0.15) is 5.26 Å². The van der Waals surface area contributed by atoms with Crippen molar-refractivity contribution >= 4 is 5.97 Å². The standard InChI is InChI=1S/C23H25NO2/c1-2-3-4-17-5-8-21(15-17)19-9-11-20(12-10-19)23(25)26-22-13-6-18(16-24)7-14-22/h6-7,9-14,17,21H,2-5,8,15H2,1H3/t17-,21-/m0/s1. The average Bonchev–Trinajstić information content (AvgIpc) is 3.16. The highest BCUT2D eigenvalue weighted by Crippen LogP contribution is 2.40. The van der Waals surface area contributed by atoms with Gasteiger partial charge in [0.05, 0.1) is 17.2 Å². The molecule has 0 spiro atoms. The quantitative estimate of drug-likeness (QED) is 0.486. The van der Waals surface area contributed by atoms with Crippen molar-refractivity contribution in [3.8, 4) is 11.8 Å². The number of ether oxygens (including phenoxy) is 1. The van der Waals surface area contributed by atoms with E-state index in [1.807, 2.05) is 18.2 Å². The zero-order valence-corrected chi connectivity index (χ0v) is 15.3. The second-order valence-corrected chi connectivity index (χ2v) is 7.17. The molecule has 1 aliphatic rings. The van der Waals surface area contributed by atoms with Crippen LogP contribution in [0.4, 0.5) is 0 Å². The van der Waals surface area contributed by atoms with E-state index < -0.39 is 0 Å². The summed E-state index contributed by atoms with van der Waals surface area (Å²) in [6.45, 7) is 2.25. The van der Waals surface area contributed by atoms with E-state index in [0.29, 0.717) is 22.8 Å². The molecule has 3 heteroatoms. The first-order chi connectivity index (χ1) is 12.7. The molecule has 0 aromatic heterocycles.